The van der Waals surface area contributed by atoms with Gasteiger partial charge in [-0.05, 0) is 43.4 Å². The Bertz CT molecular complexity index is 967. The van der Waals surface area contributed by atoms with E-state index in [4.69, 9.17) is 0 Å². The molecule has 0 spiro atoms. The third-order valence-corrected chi connectivity index (χ3v) is 5.73. The Morgan fingerprint density at radius 2 is 1.81 bits per heavy atom. The fraction of sp³-hybridized carbons (Fsp3) is 0.348. The van der Waals surface area contributed by atoms with Crippen molar-refractivity contribution < 1.29 is 4.90 Å². The molecular formula is C23H27N2O+. The molecule has 134 valence electrons. The van der Waals surface area contributed by atoms with E-state index in [9.17, 15) is 4.79 Å². The summed E-state index contributed by atoms with van der Waals surface area (Å²) in [5.41, 5.74) is 5.24. The van der Waals surface area contributed by atoms with E-state index in [0.717, 1.165) is 58.8 Å². The van der Waals surface area contributed by atoms with Crippen LogP contribution in [0.25, 0.3) is 22.2 Å². The maximum absolute atomic E-state index is 13.4. The lowest BCUT2D eigenvalue weighted by Crippen LogP contribution is -3.11. The second kappa shape index (κ2) is 7.08. The van der Waals surface area contributed by atoms with Gasteiger partial charge in [-0.2, -0.15) is 0 Å². The van der Waals surface area contributed by atoms with Gasteiger partial charge in [-0.3, -0.25) is 4.79 Å². The van der Waals surface area contributed by atoms with E-state index in [0.29, 0.717) is 0 Å². The fourth-order valence-corrected chi connectivity index (χ4v) is 4.06. The quantitative estimate of drug-likeness (QED) is 0.749. The van der Waals surface area contributed by atoms with Gasteiger partial charge in [0, 0.05) is 10.9 Å². The maximum Gasteiger partial charge on any atom is 0.198 e. The molecule has 26 heavy (non-hydrogen) atoms. The van der Waals surface area contributed by atoms with Gasteiger partial charge in [0.2, 0.25) is 0 Å². The number of nitrogens with one attached hydrogen (secondary N) is 2. The number of rotatable bonds is 3. The molecule has 2 N–H and O–H groups in total. The molecule has 0 atom stereocenters. The smallest absolute Gasteiger partial charge is 0.198 e. The largest absolute Gasteiger partial charge is 0.354 e. The van der Waals surface area contributed by atoms with Gasteiger partial charge in [-0.15, -0.1) is 0 Å². The Balaban J connectivity index is 1.85. The van der Waals surface area contributed by atoms with Crippen molar-refractivity contribution in [1.29, 1.82) is 0 Å². The first-order valence-electron chi connectivity index (χ1n) is 9.66. The Kier molecular flexibility index (Phi) is 4.64. The van der Waals surface area contributed by atoms with Crippen molar-refractivity contribution in [3.8, 4) is 11.3 Å². The number of pyridine rings is 1. The van der Waals surface area contributed by atoms with Crippen LogP contribution < -0.4 is 10.3 Å². The predicted molar refractivity (Wildman–Crippen MR) is 108 cm³/mol. The SMILES string of the molecule is Cc1ccc2[nH]c(-c3ccccc3)c(C[NH+]3CCC(C)CC3)c(=O)c2c1. The lowest BCUT2D eigenvalue weighted by atomic mass is 9.97. The number of fused-ring (bicyclic) bond motifs is 1. The Hall–Kier alpha value is -2.39. The van der Waals surface area contributed by atoms with Crippen molar-refractivity contribution in [1.82, 2.24) is 4.98 Å². The second-order valence-corrected chi connectivity index (χ2v) is 7.83. The summed E-state index contributed by atoms with van der Waals surface area (Å²) < 4.78 is 0. The van der Waals surface area contributed by atoms with E-state index in [-0.39, 0.29) is 5.43 Å². The number of aryl methyl sites for hydroxylation is 1. The Labute approximate surface area is 154 Å². The monoisotopic (exact) mass is 347 g/mol. The summed E-state index contributed by atoms with van der Waals surface area (Å²) >= 11 is 0. The zero-order chi connectivity index (χ0) is 18.1. The van der Waals surface area contributed by atoms with Crippen molar-refractivity contribution >= 4 is 10.9 Å². The molecule has 0 radical (unpaired) electrons. The van der Waals surface area contributed by atoms with Gasteiger partial charge in [0.25, 0.3) is 0 Å². The van der Waals surface area contributed by atoms with E-state index < -0.39 is 0 Å². The maximum atomic E-state index is 13.4. The molecule has 1 saturated heterocycles. The van der Waals surface area contributed by atoms with Crippen molar-refractivity contribution in [2.45, 2.75) is 33.2 Å². The van der Waals surface area contributed by atoms with Crippen molar-refractivity contribution in [3.05, 3.63) is 69.9 Å². The van der Waals surface area contributed by atoms with Gasteiger partial charge >= 0.3 is 0 Å². The van der Waals surface area contributed by atoms with Crippen LogP contribution in [-0.2, 0) is 6.54 Å². The van der Waals surface area contributed by atoms with Crippen LogP contribution in [0.1, 0.15) is 30.9 Å². The zero-order valence-corrected chi connectivity index (χ0v) is 15.6. The predicted octanol–water partition coefficient (Wildman–Crippen LogP) is 3.32. The third kappa shape index (κ3) is 3.32. The van der Waals surface area contributed by atoms with Crippen LogP contribution >= 0.6 is 0 Å². The lowest BCUT2D eigenvalue weighted by Gasteiger charge is -2.27. The van der Waals surface area contributed by atoms with Crippen LogP contribution in [0.3, 0.4) is 0 Å². The fourth-order valence-electron chi connectivity index (χ4n) is 4.06. The summed E-state index contributed by atoms with van der Waals surface area (Å²) in [5.74, 6) is 0.810. The summed E-state index contributed by atoms with van der Waals surface area (Å²) in [5, 5.41) is 0.810. The Morgan fingerprint density at radius 3 is 2.54 bits per heavy atom. The molecule has 0 amide bonds. The minimum atomic E-state index is 0.187. The average molecular weight is 347 g/mol. The number of piperidine rings is 1. The molecule has 3 nitrogen and oxygen atoms in total. The highest BCUT2D eigenvalue weighted by Gasteiger charge is 2.23. The second-order valence-electron chi connectivity index (χ2n) is 7.83. The molecule has 1 aliphatic rings. The summed E-state index contributed by atoms with van der Waals surface area (Å²) in [7, 11) is 0. The highest BCUT2D eigenvalue weighted by molar-refractivity contribution is 5.83. The van der Waals surface area contributed by atoms with Gasteiger partial charge in [0.15, 0.2) is 5.43 Å². The molecular weight excluding hydrogens is 320 g/mol. The summed E-state index contributed by atoms with van der Waals surface area (Å²) in [6.07, 6.45) is 2.50. The van der Waals surface area contributed by atoms with E-state index in [2.05, 4.69) is 30.1 Å². The minimum Gasteiger partial charge on any atom is -0.354 e. The number of hydrogen-bond donors (Lipinski definition) is 2. The van der Waals surface area contributed by atoms with E-state index in [1.54, 1.807) is 0 Å². The number of benzene rings is 2. The summed E-state index contributed by atoms with van der Waals surface area (Å²) in [6, 6.07) is 16.4. The molecule has 1 fully saturated rings. The number of hydrogen-bond acceptors (Lipinski definition) is 1. The van der Waals surface area contributed by atoms with Crippen LogP contribution in [0.15, 0.2) is 53.3 Å². The number of H-pyrrole nitrogens is 1. The van der Waals surface area contributed by atoms with Gasteiger partial charge in [0.1, 0.15) is 6.54 Å². The molecule has 2 heterocycles. The van der Waals surface area contributed by atoms with Crippen molar-refractivity contribution in [3.63, 3.8) is 0 Å². The minimum absolute atomic E-state index is 0.187. The van der Waals surface area contributed by atoms with E-state index >= 15 is 0 Å². The normalized spacial score (nSPS) is 20.4. The topological polar surface area (TPSA) is 37.3 Å². The van der Waals surface area contributed by atoms with Gasteiger partial charge < -0.3 is 9.88 Å². The van der Waals surface area contributed by atoms with Crippen LogP contribution in [0.4, 0.5) is 0 Å². The highest BCUT2D eigenvalue weighted by atomic mass is 16.1. The van der Waals surface area contributed by atoms with Gasteiger partial charge in [-0.25, -0.2) is 0 Å². The number of quaternary nitrogens is 1. The first-order valence-corrected chi connectivity index (χ1v) is 9.66. The number of aromatic nitrogens is 1. The molecule has 4 rings (SSSR count). The third-order valence-electron chi connectivity index (χ3n) is 5.73. The van der Waals surface area contributed by atoms with Crippen LogP contribution in [0.2, 0.25) is 0 Å². The molecule has 3 heteroatoms. The Morgan fingerprint density at radius 1 is 1.08 bits per heavy atom. The van der Waals surface area contributed by atoms with E-state index in [1.165, 1.54) is 17.7 Å². The molecule has 0 saturated carbocycles. The van der Waals surface area contributed by atoms with E-state index in [1.807, 2.05) is 37.3 Å². The van der Waals surface area contributed by atoms with Crippen molar-refractivity contribution in [2.24, 2.45) is 5.92 Å². The van der Waals surface area contributed by atoms with Gasteiger partial charge in [-0.1, -0.05) is 48.9 Å². The average Bonchev–Trinajstić information content (AvgIpc) is 2.66. The van der Waals surface area contributed by atoms with Crippen molar-refractivity contribution in [2.75, 3.05) is 13.1 Å². The first kappa shape index (κ1) is 17.0. The summed E-state index contributed by atoms with van der Waals surface area (Å²) in [4.78, 5) is 18.5. The number of aromatic amines is 1. The van der Waals surface area contributed by atoms with Crippen LogP contribution in [0, 0.1) is 12.8 Å². The molecule has 0 bridgehead atoms. The molecule has 2 aromatic carbocycles. The van der Waals surface area contributed by atoms with Crippen LogP contribution in [0.5, 0.6) is 0 Å². The summed E-state index contributed by atoms with van der Waals surface area (Å²) in [6.45, 7) is 7.48. The zero-order valence-electron chi connectivity index (χ0n) is 15.6. The first-order chi connectivity index (χ1) is 12.6. The number of likely N-dealkylation sites (tertiary alicyclic amines) is 1. The van der Waals surface area contributed by atoms with Gasteiger partial charge in [0.05, 0.1) is 24.3 Å². The van der Waals surface area contributed by atoms with Crippen LogP contribution in [-0.4, -0.2) is 18.1 Å². The molecule has 1 aromatic heterocycles. The molecule has 0 unspecified atom stereocenters. The standard InChI is InChI=1S/C23H26N2O/c1-16-10-12-25(13-11-16)15-20-22(18-6-4-3-5-7-18)24-21-9-8-17(2)14-19(21)23(20)26/h3-9,14,16H,10-13,15H2,1-2H3,(H,24,26)/p+1. The molecule has 3 aromatic rings. The highest BCUT2D eigenvalue weighted by Crippen LogP contribution is 2.23. The molecule has 1 aliphatic heterocycles. The molecule has 0 aliphatic carbocycles. The lowest BCUT2D eigenvalue weighted by molar-refractivity contribution is -0.919.